The second kappa shape index (κ2) is 15.1. The van der Waals surface area contributed by atoms with E-state index in [0.717, 1.165) is 54.8 Å². The van der Waals surface area contributed by atoms with Crippen LogP contribution in [0.3, 0.4) is 0 Å². The average molecular weight is 584 g/mol. The lowest BCUT2D eigenvalue weighted by molar-refractivity contribution is -0.126. The van der Waals surface area contributed by atoms with Gasteiger partial charge in [0.15, 0.2) is 5.78 Å². The smallest absolute Gasteiger partial charge is 0.237 e. The number of ether oxygens (including phenoxy) is 2. The molecule has 2 aromatic rings. The number of hydrogen-bond acceptors (Lipinski definition) is 7. The summed E-state index contributed by atoms with van der Waals surface area (Å²) in [5.41, 5.74) is 2.60. The van der Waals surface area contributed by atoms with Crippen LogP contribution in [-0.2, 0) is 27.2 Å². The Bertz CT molecular complexity index is 1140. The minimum Gasteiger partial charge on any atom is -0.494 e. The number of carbonyl (C=O) groups excluding carboxylic acids is 2. The van der Waals surface area contributed by atoms with Crippen molar-refractivity contribution in [3.63, 3.8) is 0 Å². The molecule has 0 fully saturated rings. The van der Waals surface area contributed by atoms with Gasteiger partial charge in [-0.2, -0.15) is 0 Å². The lowest BCUT2D eigenvalue weighted by Gasteiger charge is -2.31. The maximum atomic E-state index is 12.9. The summed E-state index contributed by atoms with van der Waals surface area (Å²) >= 11 is 0. The summed E-state index contributed by atoms with van der Waals surface area (Å²) in [4.78, 5) is 25.5. The van der Waals surface area contributed by atoms with Gasteiger partial charge in [0.1, 0.15) is 24.2 Å². The standard InChI is InChI=1S/C33H53N5O4/c1-23(2)38-28-14-10-9-11-15-29(30(28)36-37-38)42-22-25(39)13-12-20-41-26-18-16-24(17-19-26)21-27(34-32(3,4)5)31(40)35-33(6,7)8/h16-19,23,27,29,34H,9-15,20-22H2,1-8H3,(H,35,40). The zero-order chi connectivity index (χ0) is 30.9. The first kappa shape index (κ1) is 33.7. The highest BCUT2D eigenvalue weighted by Crippen LogP contribution is 2.30. The van der Waals surface area contributed by atoms with E-state index in [-0.39, 0.29) is 47.6 Å². The summed E-state index contributed by atoms with van der Waals surface area (Å²) < 4.78 is 14.0. The Hall–Kier alpha value is -2.78. The number of aromatic nitrogens is 3. The number of nitrogens with zero attached hydrogens (tertiary/aromatic N) is 3. The molecule has 0 radical (unpaired) electrons. The van der Waals surface area contributed by atoms with Crippen molar-refractivity contribution in [1.82, 2.24) is 25.6 Å². The number of rotatable bonds is 13. The van der Waals surface area contributed by atoms with Gasteiger partial charge in [-0.3, -0.25) is 9.59 Å². The quantitative estimate of drug-likeness (QED) is 0.292. The number of amides is 1. The Labute approximate surface area is 252 Å². The number of fused-ring (bicyclic) bond motifs is 1. The molecule has 3 rings (SSSR count). The predicted octanol–water partition coefficient (Wildman–Crippen LogP) is 5.68. The first-order valence-electron chi connectivity index (χ1n) is 15.6. The summed E-state index contributed by atoms with van der Waals surface area (Å²) in [7, 11) is 0. The van der Waals surface area contributed by atoms with Crippen molar-refractivity contribution in [3.8, 4) is 5.75 Å². The van der Waals surface area contributed by atoms with E-state index in [2.05, 4.69) is 55.6 Å². The Kier molecular flexibility index (Phi) is 12.1. The lowest BCUT2D eigenvalue weighted by Crippen LogP contribution is -2.56. The van der Waals surface area contributed by atoms with Gasteiger partial charge in [0.2, 0.25) is 5.91 Å². The first-order chi connectivity index (χ1) is 19.7. The van der Waals surface area contributed by atoms with E-state index in [1.807, 2.05) is 49.7 Å². The van der Waals surface area contributed by atoms with E-state index in [9.17, 15) is 9.59 Å². The van der Waals surface area contributed by atoms with Crippen molar-refractivity contribution in [2.24, 2.45) is 0 Å². The van der Waals surface area contributed by atoms with Crippen LogP contribution in [0.5, 0.6) is 5.75 Å². The molecule has 0 spiro atoms. The van der Waals surface area contributed by atoms with Crippen LogP contribution in [0.25, 0.3) is 0 Å². The zero-order valence-corrected chi connectivity index (χ0v) is 27.1. The molecule has 2 atom stereocenters. The molecule has 0 saturated heterocycles. The molecule has 1 heterocycles. The molecule has 1 amide bonds. The molecule has 1 aromatic heterocycles. The van der Waals surface area contributed by atoms with Gasteiger partial charge in [0, 0.05) is 23.5 Å². The van der Waals surface area contributed by atoms with Crippen LogP contribution in [0, 0.1) is 0 Å². The van der Waals surface area contributed by atoms with Crippen LogP contribution >= 0.6 is 0 Å². The molecular formula is C33H53N5O4. The molecule has 0 aliphatic heterocycles. The third-order valence-corrected chi connectivity index (χ3v) is 7.09. The highest BCUT2D eigenvalue weighted by Gasteiger charge is 2.27. The predicted molar refractivity (Wildman–Crippen MR) is 166 cm³/mol. The zero-order valence-electron chi connectivity index (χ0n) is 27.1. The fourth-order valence-electron chi connectivity index (χ4n) is 5.20. The van der Waals surface area contributed by atoms with Crippen LogP contribution in [0.1, 0.15) is 123 Å². The van der Waals surface area contributed by atoms with Crippen LogP contribution in [0.15, 0.2) is 24.3 Å². The molecule has 2 unspecified atom stereocenters. The molecule has 0 bridgehead atoms. The molecule has 9 heteroatoms. The molecule has 0 saturated carbocycles. The third-order valence-electron chi connectivity index (χ3n) is 7.09. The largest absolute Gasteiger partial charge is 0.494 e. The number of Topliss-reactive ketones (excluding diaryl/α,β-unsaturated/α-hetero) is 1. The summed E-state index contributed by atoms with van der Waals surface area (Å²) in [5, 5.41) is 15.3. The molecular weight excluding hydrogens is 530 g/mol. The molecule has 1 aliphatic carbocycles. The van der Waals surface area contributed by atoms with E-state index in [1.54, 1.807) is 0 Å². The highest BCUT2D eigenvalue weighted by molar-refractivity contribution is 5.82. The summed E-state index contributed by atoms with van der Waals surface area (Å²) in [6.45, 7) is 16.9. The third kappa shape index (κ3) is 11.1. The molecule has 2 N–H and O–H groups in total. The fraction of sp³-hybridized carbons (Fsp3) is 0.697. The number of hydrogen-bond donors (Lipinski definition) is 2. The number of carbonyl (C=O) groups is 2. The highest BCUT2D eigenvalue weighted by atomic mass is 16.5. The minimum atomic E-state index is -0.347. The second-order valence-corrected chi connectivity index (χ2v) is 13.9. The summed E-state index contributed by atoms with van der Waals surface area (Å²) in [5.74, 6) is 0.806. The number of nitrogens with one attached hydrogen (secondary N) is 2. The average Bonchev–Trinajstić information content (AvgIpc) is 3.28. The molecule has 1 aliphatic rings. The van der Waals surface area contributed by atoms with Crippen LogP contribution in [0.4, 0.5) is 0 Å². The van der Waals surface area contributed by atoms with Gasteiger partial charge in [0.05, 0.1) is 18.3 Å². The van der Waals surface area contributed by atoms with E-state index >= 15 is 0 Å². The Balaban J connectivity index is 1.44. The van der Waals surface area contributed by atoms with Crippen molar-refractivity contribution in [2.45, 2.75) is 136 Å². The molecule has 234 valence electrons. The van der Waals surface area contributed by atoms with Gasteiger partial charge >= 0.3 is 0 Å². The van der Waals surface area contributed by atoms with Gasteiger partial charge in [-0.15, -0.1) is 5.10 Å². The monoisotopic (exact) mass is 583 g/mol. The summed E-state index contributed by atoms with van der Waals surface area (Å²) in [6, 6.07) is 7.74. The van der Waals surface area contributed by atoms with E-state index in [4.69, 9.17) is 9.47 Å². The van der Waals surface area contributed by atoms with E-state index in [0.29, 0.717) is 25.9 Å². The SMILES string of the molecule is CC(C)n1nnc2c1CCCCCC2OCC(=O)CCCOc1ccc(CC(NC(C)(C)C)C(=O)NC(C)(C)C)cc1. The minimum absolute atomic E-state index is 0.0109. The van der Waals surface area contributed by atoms with Crippen LogP contribution in [-0.4, -0.2) is 57.0 Å². The maximum absolute atomic E-state index is 12.9. The van der Waals surface area contributed by atoms with Gasteiger partial charge in [-0.25, -0.2) is 4.68 Å². The van der Waals surface area contributed by atoms with Gasteiger partial charge in [-0.05, 0) is 105 Å². The normalized spacial score (nSPS) is 16.8. The fourth-order valence-corrected chi connectivity index (χ4v) is 5.20. The Morgan fingerprint density at radius 3 is 2.38 bits per heavy atom. The van der Waals surface area contributed by atoms with Crippen LogP contribution < -0.4 is 15.4 Å². The second-order valence-electron chi connectivity index (χ2n) is 13.9. The first-order valence-corrected chi connectivity index (χ1v) is 15.6. The summed E-state index contributed by atoms with van der Waals surface area (Å²) in [6.07, 6.45) is 6.58. The lowest BCUT2D eigenvalue weighted by atomic mass is 9.98. The molecule has 9 nitrogen and oxygen atoms in total. The van der Waals surface area contributed by atoms with Crippen molar-refractivity contribution in [2.75, 3.05) is 13.2 Å². The van der Waals surface area contributed by atoms with Crippen molar-refractivity contribution >= 4 is 11.7 Å². The van der Waals surface area contributed by atoms with Gasteiger partial charge < -0.3 is 20.1 Å². The molecule has 42 heavy (non-hydrogen) atoms. The topological polar surface area (TPSA) is 107 Å². The van der Waals surface area contributed by atoms with Gasteiger partial charge in [-0.1, -0.05) is 30.2 Å². The molecule has 1 aromatic carbocycles. The van der Waals surface area contributed by atoms with Crippen molar-refractivity contribution < 1.29 is 19.1 Å². The maximum Gasteiger partial charge on any atom is 0.237 e. The number of benzene rings is 1. The van der Waals surface area contributed by atoms with Crippen molar-refractivity contribution in [3.05, 3.63) is 41.2 Å². The van der Waals surface area contributed by atoms with Crippen molar-refractivity contribution in [1.29, 1.82) is 0 Å². The van der Waals surface area contributed by atoms with Crippen LogP contribution in [0.2, 0.25) is 0 Å². The number of ketones is 1. The van der Waals surface area contributed by atoms with E-state index in [1.165, 1.54) is 0 Å². The Morgan fingerprint density at radius 2 is 1.74 bits per heavy atom. The van der Waals surface area contributed by atoms with Gasteiger partial charge in [0.25, 0.3) is 0 Å². The van der Waals surface area contributed by atoms with E-state index < -0.39 is 0 Å². The Morgan fingerprint density at radius 1 is 1.02 bits per heavy atom.